The van der Waals surface area contributed by atoms with E-state index in [-0.39, 0.29) is 5.60 Å². The van der Waals surface area contributed by atoms with Crippen LogP contribution in [0.4, 0.5) is 0 Å². The van der Waals surface area contributed by atoms with Crippen molar-refractivity contribution in [1.82, 2.24) is 0 Å². The Morgan fingerprint density at radius 1 is 1.23 bits per heavy atom. The molecule has 1 aromatic rings. The maximum Gasteiger partial charge on any atom is 0.157 e. The van der Waals surface area contributed by atoms with Gasteiger partial charge in [-0.15, -0.1) is 11.8 Å². The van der Waals surface area contributed by atoms with E-state index in [0.29, 0.717) is 0 Å². The molecule has 0 unspecified atom stereocenters. The van der Waals surface area contributed by atoms with E-state index in [9.17, 15) is 0 Å². The van der Waals surface area contributed by atoms with Crippen LogP contribution >= 0.6 is 11.8 Å². The smallest absolute Gasteiger partial charge is 0.157 e. The molecule has 0 saturated heterocycles. The summed E-state index contributed by atoms with van der Waals surface area (Å²) in [5.41, 5.74) is 1.31. The monoisotopic (exact) mass is 321 g/mol. The minimum atomic E-state index is -0.0196. The van der Waals surface area contributed by atoms with E-state index in [1.165, 1.54) is 10.5 Å². The van der Waals surface area contributed by atoms with Crippen molar-refractivity contribution in [1.29, 1.82) is 0 Å². The van der Waals surface area contributed by atoms with Crippen molar-refractivity contribution in [3.63, 3.8) is 0 Å². The van der Waals surface area contributed by atoms with Gasteiger partial charge < -0.3 is 9.47 Å². The molecule has 0 saturated carbocycles. The lowest BCUT2D eigenvalue weighted by Gasteiger charge is -2.24. The summed E-state index contributed by atoms with van der Waals surface area (Å²) in [5, 5.41) is 0. The zero-order chi connectivity index (χ0) is 16.4. The van der Waals surface area contributed by atoms with Crippen LogP contribution in [-0.4, -0.2) is 18.5 Å². The van der Waals surface area contributed by atoms with Crippen molar-refractivity contribution < 1.29 is 9.47 Å². The number of hydrogen-bond donors (Lipinski definition) is 0. The van der Waals surface area contributed by atoms with Gasteiger partial charge in [0.05, 0.1) is 5.60 Å². The lowest BCUT2D eigenvalue weighted by Crippen LogP contribution is -2.24. The van der Waals surface area contributed by atoms with E-state index in [1.807, 2.05) is 19.1 Å². The molecular weight excluding hydrogens is 292 g/mol. The Balaban J connectivity index is 2.27. The zero-order valence-electron chi connectivity index (χ0n) is 14.5. The molecule has 0 spiro atoms. The molecule has 0 amide bonds. The molecule has 1 rings (SSSR count). The first-order valence-corrected chi connectivity index (χ1v) is 9.13. The first-order valence-electron chi connectivity index (χ1n) is 7.90. The fourth-order valence-electron chi connectivity index (χ4n) is 2.22. The van der Waals surface area contributed by atoms with Gasteiger partial charge in [0.2, 0.25) is 0 Å². The second-order valence-electron chi connectivity index (χ2n) is 5.99. The van der Waals surface area contributed by atoms with Crippen molar-refractivity contribution in [2.45, 2.75) is 57.5 Å². The maximum atomic E-state index is 5.72. The Hall–Kier alpha value is -0.930. The highest BCUT2D eigenvalue weighted by Gasteiger charge is 2.16. The Morgan fingerprint density at radius 2 is 1.91 bits per heavy atom. The molecule has 22 heavy (non-hydrogen) atoms. The number of rotatable bonds is 10. The Morgan fingerprint density at radius 3 is 2.50 bits per heavy atom. The van der Waals surface area contributed by atoms with E-state index >= 15 is 0 Å². The van der Waals surface area contributed by atoms with Crippen LogP contribution in [-0.2, 0) is 4.74 Å². The summed E-state index contributed by atoms with van der Waals surface area (Å²) in [7, 11) is 0. The first-order chi connectivity index (χ1) is 10.5. The second-order valence-corrected chi connectivity index (χ2v) is 6.87. The van der Waals surface area contributed by atoms with Gasteiger partial charge in [-0.05, 0) is 83.6 Å². The molecule has 0 aliphatic rings. The molecule has 0 aliphatic carbocycles. The van der Waals surface area contributed by atoms with Crippen molar-refractivity contribution in [3.8, 4) is 5.75 Å². The van der Waals surface area contributed by atoms with Crippen LogP contribution in [0.1, 0.15) is 47.0 Å². The van der Waals surface area contributed by atoms with Crippen LogP contribution in [0, 0.1) is 6.61 Å². The molecule has 0 heterocycles. The van der Waals surface area contributed by atoms with E-state index in [2.05, 4.69) is 45.2 Å². The van der Waals surface area contributed by atoms with Crippen molar-refractivity contribution in [2.75, 3.05) is 12.9 Å². The van der Waals surface area contributed by atoms with E-state index in [0.717, 1.165) is 31.6 Å². The molecule has 0 aliphatic heterocycles. The predicted molar refractivity (Wildman–Crippen MR) is 96.5 cm³/mol. The first kappa shape index (κ1) is 19.1. The quantitative estimate of drug-likeness (QED) is 0.501. The fraction of sp³-hybridized carbons (Fsp3) is 0.526. The minimum absolute atomic E-state index is 0.0196. The lowest BCUT2D eigenvalue weighted by atomic mass is 9.99. The van der Waals surface area contributed by atoms with Gasteiger partial charge in [0.15, 0.2) is 6.61 Å². The number of allylic oxidation sites excluding steroid dienone is 1. The summed E-state index contributed by atoms with van der Waals surface area (Å²) in [6.07, 6.45) is 7.40. The van der Waals surface area contributed by atoms with Crippen LogP contribution in [0.3, 0.4) is 0 Å². The van der Waals surface area contributed by atoms with Gasteiger partial charge in [-0.2, -0.15) is 0 Å². The highest BCUT2D eigenvalue weighted by molar-refractivity contribution is 7.98. The van der Waals surface area contributed by atoms with Gasteiger partial charge in [-0.3, -0.25) is 0 Å². The van der Waals surface area contributed by atoms with Crippen LogP contribution in [0.5, 0.6) is 5.75 Å². The van der Waals surface area contributed by atoms with Gasteiger partial charge in [0.1, 0.15) is 5.75 Å². The fourth-order valence-corrected chi connectivity index (χ4v) is 2.63. The number of benzene rings is 1. The van der Waals surface area contributed by atoms with Crippen molar-refractivity contribution >= 4 is 11.8 Å². The average molecular weight is 322 g/mol. The SMILES string of the molecule is CCOC(C)(C)CCCC(C)=C[CH]Oc1ccc(SC)cc1. The molecule has 0 N–H and O–H groups in total. The van der Waals surface area contributed by atoms with Gasteiger partial charge >= 0.3 is 0 Å². The Bertz CT molecular complexity index is 449. The molecule has 123 valence electrons. The van der Waals surface area contributed by atoms with Crippen molar-refractivity contribution in [3.05, 3.63) is 42.5 Å². The molecule has 0 fully saturated rings. The third-order valence-corrected chi connectivity index (χ3v) is 4.24. The van der Waals surface area contributed by atoms with Gasteiger partial charge in [0.25, 0.3) is 0 Å². The second kappa shape index (κ2) is 9.96. The largest absolute Gasteiger partial charge is 0.482 e. The highest BCUT2D eigenvalue weighted by Crippen LogP contribution is 2.21. The topological polar surface area (TPSA) is 18.5 Å². The van der Waals surface area contributed by atoms with Crippen LogP contribution < -0.4 is 4.74 Å². The minimum Gasteiger partial charge on any atom is -0.482 e. The van der Waals surface area contributed by atoms with Gasteiger partial charge in [0, 0.05) is 11.5 Å². The van der Waals surface area contributed by atoms with E-state index in [1.54, 1.807) is 18.4 Å². The molecule has 0 bridgehead atoms. The summed E-state index contributed by atoms with van der Waals surface area (Å²) < 4.78 is 11.3. The van der Waals surface area contributed by atoms with Gasteiger partial charge in [-0.25, -0.2) is 0 Å². The predicted octanol–water partition coefficient (Wildman–Crippen LogP) is 5.88. The van der Waals surface area contributed by atoms with Crippen LogP contribution in [0.2, 0.25) is 0 Å². The van der Waals surface area contributed by atoms with E-state index in [4.69, 9.17) is 9.47 Å². The Kier molecular flexibility index (Phi) is 8.66. The van der Waals surface area contributed by atoms with Crippen LogP contribution in [0.25, 0.3) is 0 Å². The summed E-state index contributed by atoms with van der Waals surface area (Å²) in [5.74, 6) is 0.874. The maximum absolute atomic E-state index is 5.72. The zero-order valence-corrected chi connectivity index (χ0v) is 15.3. The number of hydrogen-bond acceptors (Lipinski definition) is 3. The third kappa shape index (κ3) is 7.90. The summed E-state index contributed by atoms with van der Waals surface area (Å²) in [6.45, 7) is 11.1. The molecule has 1 radical (unpaired) electrons. The van der Waals surface area contributed by atoms with Crippen LogP contribution in [0.15, 0.2) is 40.8 Å². The standard InChI is InChI=1S/C19H29O2S/c1-6-21-19(3,4)14-7-8-16(2)13-15-20-17-9-11-18(22-5)12-10-17/h9-13,15H,6-8,14H2,1-5H3. The number of thioether (sulfide) groups is 1. The summed E-state index contributed by atoms with van der Waals surface area (Å²) >= 11 is 1.73. The molecule has 1 aromatic carbocycles. The van der Waals surface area contributed by atoms with E-state index < -0.39 is 0 Å². The summed E-state index contributed by atoms with van der Waals surface area (Å²) in [4.78, 5) is 1.25. The van der Waals surface area contributed by atoms with Gasteiger partial charge in [-0.1, -0.05) is 5.57 Å². The Labute approximate surface area is 140 Å². The molecule has 2 nitrogen and oxygen atoms in total. The summed E-state index contributed by atoms with van der Waals surface area (Å²) in [6, 6.07) is 8.13. The molecule has 0 atom stereocenters. The molecule has 0 aromatic heterocycles. The normalized spacial score (nSPS) is 12.5. The van der Waals surface area contributed by atoms with Crippen molar-refractivity contribution in [2.24, 2.45) is 0 Å². The third-order valence-electron chi connectivity index (χ3n) is 3.50. The lowest BCUT2D eigenvalue weighted by molar-refractivity contribution is -0.0173. The molecule has 3 heteroatoms. The highest BCUT2D eigenvalue weighted by atomic mass is 32.2. The number of ether oxygens (including phenoxy) is 2. The average Bonchev–Trinajstić information content (AvgIpc) is 2.47. The molecular formula is C19H29O2S.